The average Bonchev–Trinajstić information content (AvgIpc) is 2.68. The summed E-state index contributed by atoms with van der Waals surface area (Å²) in [6.07, 6.45) is 4.91. The maximum absolute atomic E-state index is 13.1. The third-order valence-corrected chi connectivity index (χ3v) is 7.03. The number of halogens is 1. The number of benzene rings is 1. The Morgan fingerprint density at radius 2 is 1.69 bits per heavy atom. The van der Waals surface area contributed by atoms with Crippen LogP contribution in [-0.2, 0) is 10.0 Å². The van der Waals surface area contributed by atoms with E-state index < -0.39 is 10.0 Å². The molecule has 1 aliphatic rings. The Bertz CT molecular complexity index is 871. The van der Waals surface area contributed by atoms with Crippen LogP contribution >= 0.6 is 15.9 Å². The van der Waals surface area contributed by atoms with Crippen molar-refractivity contribution in [3.05, 3.63) is 35.2 Å². The highest BCUT2D eigenvalue weighted by molar-refractivity contribution is 9.10. The Morgan fingerprint density at radius 1 is 1.04 bits per heavy atom. The summed E-state index contributed by atoms with van der Waals surface area (Å²) in [4.78, 5) is 10.5. The fraction of sp³-hybridized carbons (Fsp3) is 0.375. The van der Waals surface area contributed by atoms with Gasteiger partial charge in [0.1, 0.15) is 10.7 Å². The second-order valence-corrected chi connectivity index (χ2v) is 8.35. The number of nitrogens with zero attached hydrogens (tertiary/aromatic N) is 4. The van der Waals surface area contributed by atoms with Gasteiger partial charge in [-0.1, -0.05) is 0 Å². The average molecular weight is 443 g/mol. The highest BCUT2D eigenvalue weighted by Gasteiger charge is 2.31. The molecule has 1 aliphatic heterocycles. The molecule has 0 saturated carbocycles. The first-order valence-electron chi connectivity index (χ1n) is 7.90. The van der Waals surface area contributed by atoms with Crippen molar-refractivity contribution in [3.8, 4) is 11.5 Å². The number of ether oxygens (including phenoxy) is 2. The second-order valence-electron chi connectivity index (χ2n) is 5.59. The van der Waals surface area contributed by atoms with Crippen LogP contribution < -0.4 is 14.4 Å². The van der Waals surface area contributed by atoms with E-state index in [1.165, 1.54) is 24.6 Å². The molecule has 0 N–H and O–H groups in total. The lowest BCUT2D eigenvalue weighted by Gasteiger charge is -2.34. The van der Waals surface area contributed by atoms with E-state index in [1.54, 1.807) is 24.7 Å². The van der Waals surface area contributed by atoms with Crippen molar-refractivity contribution < 1.29 is 17.9 Å². The summed E-state index contributed by atoms with van der Waals surface area (Å²) in [5.41, 5.74) is 0. The number of sulfonamides is 1. The molecule has 0 spiro atoms. The summed E-state index contributed by atoms with van der Waals surface area (Å²) in [7, 11) is -0.690. The summed E-state index contributed by atoms with van der Waals surface area (Å²) < 4.78 is 38.5. The predicted octanol–water partition coefficient (Wildman–Crippen LogP) is 1.77. The molecule has 1 fully saturated rings. The fourth-order valence-corrected chi connectivity index (χ4v) is 5.20. The summed E-state index contributed by atoms with van der Waals surface area (Å²) in [5.74, 6) is 1.58. The van der Waals surface area contributed by atoms with Crippen LogP contribution in [0, 0.1) is 0 Å². The van der Waals surface area contributed by atoms with Crippen LogP contribution in [0.4, 0.5) is 5.82 Å². The van der Waals surface area contributed by atoms with E-state index >= 15 is 0 Å². The van der Waals surface area contributed by atoms with E-state index in [4.69, 9.17) is 9.47 Å². The largest absolute Gasteiger partial charge is 0.493 e. The Labute approximate surface area is 160 Å². The molecule has 140 valence electrons. The zero-order valence-corrected chi connectivity index (χ0v) is 16.8. The number of hydrogen-bond acceptors (Lipinski definition) is 7. The van der Waals surface area contributed by atoms with E-state index in [2.05, 4.69) is 25.9 Å². The topological polar surface area (TPSA) is 84.9 Å². The van der Waals surface area contributed by atoms with Crippen LogP contribution in [0.2, 0.25) is 0 Å². The molecule has 8 nitrogen and oxygen atoms in total. The van der Waals surface area contributed by atoms with Gasteiger partial charge in [0.05, 0.1) is 20.4 Å². The molecule has 0 bridgehead atoms. The number of hydrogen-bond donors (Lipinski definition) is 0. The Hall–Kier alpha value is -1.91. The van der Waals surface area contributed by atoms with E-state index in [0.717, 1.165) is 5.82 Å². The van der Waals surface area contributed by atoms with Crippen LogP contribution in [0.1, 0.15) is 0 Å². The minimum atomic E-state index is -3.67. The van der Waals surface area contributed by atoms with Gasteiger partial charge in [-0.05, 0) is 22.0 Å². The molecule has 0 aliphatic carbocycles. The molecule has 0 atom stereocenters. The zero-order chi connectivity index (χ0) is 18.7. The normalized spacial score (nSPS) is 15.7. The molecule has 3 rings (SSSR count). The first-order chi connectivity index (χ1) is 12.5. The molecule has 2 heterocycles. The lowest BCUT2D eigenvalue weighted by Crippen LogP contribution is -2.49. The van der Waals surface area contributed by atoms with E-state index in [-0.39, 0.29) is 4.90 Å². The summed E-state index contributed by atoms with van der Waals surface area (Å²) in [5, 5.41) is 0. The lowest BCUT2D eigenvalue weighted by atomic mass is 10.3. The van der Waals surface area contributed by atoms with Crippen molar-refractivity contribution in [3.63, 3.8) is 0 Å². The first kappa shape index (κ1) is 18.9. The van der Waals surface area contributed by atoms with Gasteiger partial charge in [0, 0.05) is 49.1 Å². The van der Waals surface area contributed by atoms with E-state index in [1.807, 2.05) is 4.90 Å². The van der Waals surface area contributed by atoms with Gasteiger partial charge in [-0.15, -0.1) is 0 Å². The number of anilines is 1. The van der Waals surface area contributed by atoms with Crippen LogP contribution in [0.25, 0.3) is 0 Å². The highest BCUT2D eigenvalue weighted by Crippen LogP contribution is 2.36. The van der Waals surface area contributed by atoms with Crippen LogP contribution in [0.15, 0.2) is 40.1 Å². The molecule has 2 aromatic rings. The predicted molar refractivity (Wildman–Crippen MR) is 100 cm³/mol. The summed E-state index contributed by atoms with van der Waals surface area (Å²) >= 11 is 3.33. The molecule has 0 radical (unpaired) electrons. The van der Waals surface area contributed by atoms with Gasteiger partial charge >= 0.3 is 0 Å². The van der Waals surface area contributed by atoms with E-state index in [0.29, 0.717) is 42.2 Å². The third kappa shape index (κ3) is 3.62. The fourth-order valence-electron chi connectivity index (χ4n) is 2.78. The molecule has 0 amide bonds. The number of rotatable bonds is 5. The molecule has 0 unspecified atom stereocenters. The maximum Gasteiger partial charge on any atom is 0.244 e. The molecule has 1 aromatic carbocycles. The highest BCUT2D eigenvalue weighted by atomic mass is 79.9. The van der Waals surface area contributed by atoms with Crippen molar-refractivity contribution in [2.75, 3.05) is 45.3 Å². The molecule has 10 heteroatoms. The molecular formula is C16H19BrN4O4S. The van der Waals surface area contributed by atoms with E-state index in [9.17, 15) is 8.42 Å². The minimum Gasteiger partial charge on any atom is -0.493 e. The van der Waals surface area contributed by atoms with Crippen molar-refractivity contribution >= 4 is 31.8 Å². The minimum absolute atomic E-state index is 0.156. The smallest absolute Gasteiger partial charge is 0.244 e. The van der Waals surface area contributed by atoms with Gasteiger partial charge in [-0.25, -0.2) is 13.4 Å². The van der Waals surface area contributed by atoms with Crippen LogP contribution in [0.3, 0.4) is 0 Å². The Kier molecular flexibility index (Phi) is 5.64. The number of piperazine rings is 1. The van der Waals surface area contributed by atoms with Crippen molar-refractivity contribution in [2.45, 2.75) is 4.90 Å². The quantitative estimate of drug-likeness (QED) is 0.697. The number of aromatic nitrogens is 2. The van der Waals surface area contributed by atoms with Crippen LogP contribution in [0.5, 0.6) is 11.5 Å². The third-order valence-electron chi connectivity index (χ3n) is 4.17. The molecule has 1 aromatic heterocycles. The van der Waals surface area contributed by atoms with Gasteiger partial charge in [-0.3, -0.25) is 4.98 Å². The van der Waals surface area contributed by atoms with Crippen molar-refractivity contribution in [1.29, 1.82) is 0 Å². The van der Waals surface area contributed by atoms with Gasteiger partial charge in [-0.2, -0.15) is 4.31 Å². The summed E-state index contributed by atoms with van der Waals surface area (Å²) in [6.45, 7) is 1.81. The standard InChI is InChI=1S/C16H19BrN4O4S/c1-24-13-9-12(17)15(10-14(13)25-2)26(22,23)21-7-5-20(6-8-21)16-11-18-3-4-19-16/h3-4,9-11H,5-8H2,1-2H3. The van der Waals surface area contributed by atoms with Gasteiger partial charge in [0.15, 0.2) is 11.5 Å². The Balaban J connectivity index is 1.82. The molecular weight excluding hydrogens is 424 g/mol. The maximum atomic E-state index is 13.1. The Morgan fingerprint density at radius 3 is 2.27 bits per heavy atom. The first-order valence-corrected chi connectivity index (χ1v) is 10.1. The van der Waals surface area contributed by atoms with Gasteiger partial charge in [0.2, 0.25) is 10.0 Å². The van der Waals surface area contributed by atoms with Gasteiger partial charge < -0.3 is 14.4 Å². The number of methoxy groups -OCH3 is 2. The second kappa shape index (κ2) is 7.77. The SMILES string of the molecule is COc1cc(Br)c(S(=O)(=O)N2CCN(c3cnccn3)CC2)cc1OC. The van der Waals surface area contributed by atoms with Crippen molar-refractivity contribution in [1.82, 2.24) is 14.3 Å². The van der Waals surface area contributed by atoms with Gasteiger partial charge in [0.25, 0.3) is 0 Å². The van der Waals surface area contributed by atoms with Crippen LogP contribution in [-0.4, -0.2) is 63.1 Å². The lowest BCUT2D eigenvalue weighted by molar-refractivity contribution is 0.352. The van der Waals surface area contributed by atoms with Crippen molar-refractivity contribution in [2.24, 2.45) is 0 Å². The summed E-state index contributed by atoms with van der Waals surface area (Å²) in [6, 6.07) is 3.08. The molecule has 26 heavy (non-hydrogen) atoms. The molecule has 1 saturated heterocycles. The monoisotopic (exact) mass is 442 g/mol. The zero-order valence-electron chi connectivity index (χ0n) is 14.4.